The Hall–Kier alpha value is -0.720. The van der Waals surface area contributed by atoms with Crippen LogP contribution in [0, 0.1) is 0 Å². The first kappa shape index (κ1) is 14.3. The van der Waals surface area contributed by atoms with E-state index in [0.29, 0.717) is 0 Å². The number of phenols is 1. The lowest BCUT2D eigenvalue weighted by Gasteiger charge is -2.23. The maximum absolute atomic E-state index is 12.2. The summed E-state index contributed by atoms with van der Waals surface area (Å²) >= 11 is 1.60. The predicted octanol–water partition coefficient (Wildman–Crippen LogP) is 1.76. The normalized spacial score (nSPS) is 13.9. The van der Waals surface area contributed by atoms with E-state index in [1.807, 2.05) is 13.2 Å². The molecule has 1 rings (SSSR count). The van der Waals surface area contributed by atoms with Crippen LogP contribution in [0.3, 0.4) is 0 Å². The highest BCUT2D eigenvalue weighted by atomic mass is 32.2. The van der Waals surface area contributed by atoms with Gasteiger partial charge in [0.05, 0.1) is 4.90 Å². The molecular formula is C11H17NO3S2. The molecular weight excluding hydrogens is 258 g/mol. The van der Waals surface area contributed by atoms with Gasteiger partial charge in [0.25, 0.3) is 0 Å². The molecule has 0 saturated carbocycles. The Morgan fingerprint density at radius 3 is 2.65 bits per heavy atom. The van der Waals surface area contributed by atoms with Crippen LogP contribution in [0.1, 0.15) is 6.92 Å². The highest BCUT2D eigenvalue weighted by molar-refractivity contribution is 7.98. The zero-order chi connectivity index (χ0) is 13.1. The van der Waals surface area contributed by atoms with Gasteiger partial charge in [-0.2, -0.15) is 16.1 Å². The first-order chi connectivity index (χ1) is 7.89. The molecule has 0 fully saturated rings. The molecule has 0 amide bonds. The van der Waals surface area contributed by atoms with E-state index in [-0.39, 0.29) is 16.7 Å². The lowest BCUT2D eigenvalue weighted by Crippen LogP contribution is -2.36. The van der Waals surface area contributed by atoms with Crippen molar-refractivity contribution >= 4 is 21.8 Å². The average Bonchev–Trinajstić information content (AvgIpc) is 2.28. The monoisotopic (exact) mass is 275 g/mol. The lowest BCUT2D eigenvalue weighted by molar-refractivity contribution is 0.414. The number of benzene rings is 1. The fourth-order valence-corrected chi connectivity index (χ4v) is 3.59. The quantitative estimate of drug-likeness (QED) is 0.889. The molecule has 0 saturated heterocycles. The van der Waals surface area contributed by atoms with Crippen LogP contribution in [0.5, 0.6) is 5.75 Å². The summed E-state index contributed by atoms with van der Waals surface area (Å²) < 4.78 is 25.7. The van der Waals surface area contributed by atoms with Crippen LogP contribution < -0.4 is 0 Å². The molecule has 17 heavy (non-hydrogen) atoms. The van der Waals surface area contributed by atoms with E-state index in [0.717, 1.165) is 5.75 Å². The van der Waals surface area contributed by atoms with Gasteiger partial charge in [-0.25, -0.2) is 8.42 Å². The van der Waals surface area contributed by atoms with Crippen LogP contribution in [0.2, 0.25) is 0 Å². The largest absolute Gasteiger partial charge is 0.508 e. The zero-order valence-electron chi connectivity index (χ0n) is 10.1. The van der Waals surface area contributed by atoms with Crippen LogP contribution in [0.25, 0.3) is 0 Å². The molecule has 0 aliphatic carbocycles. The van der Waals surface area contributed by atoms with Crippen LogP contribution in [0.4, 0.5) is 0 Å². The molecule has 4 nitrogen and oxygen atoms in total. The van der Waals surface area contributed by atoms with Crippen LogP contribution in [-0.2, 0) is 10.0 Å². The van der Waals surface area contributed by atoms with Gasteiger partial charge in [-0.05, 0) is 31.4 Å². The van der Waals surface area contributed by atoms with Gasteiger partial charge in [0.15, 0.2) is 0 Å². The van der Waals surface area contributed by atoms with E-state index in [9.17, 15) is 13.5 Å². The molecule has 0 radical (unpaired) electrons. The minimum absolute atomic E-state index is 0.0444. The summed E-state index contributed by atoms with van der Waals surface area (Å²) in [6.45, 7) is 1.86. The van der Waals surface area contributed by atoms with Crippen molar-refractivity contribution in [2.45, 2.75) is 17.9 Å². The van der Waals surface area contributed by atoms with Crippen molar-refractivity contribution in [2.75, 3.05) is 19.1 Å². The van der Waals surface area contributed by atoms with E-state index >= 15 is 0 Å². The SMILES string of the molecule is CSCC(C)N(C)S(=O)(=O)c1cccc(O)c1. The van der Waals surface area contributed by atoms with Gasteiger partial charge in [0.1, 0.15) is 5.75 Å². The molecule has 0 bridgehead atoms. The van der Waals surface area contributed by atoms with Gasteiger partial charge < -0.3 is 5.11 Å². The molecule has 0 aliphatic rings. The molecule has 1 unspecified atom stereocenters. The van der Waals surface area contributed by atoms with Crippen molar-refractivity contribution in [1.29, 1.82) is 0 Å². The van der Waals surface area contributed by atoms with Gasteiger partial charge in [-0.1, -0.05) is 6.07 Å². The number of thioether (sulfide) groups is 1. The van der Waals surface area contributed by atoms with E-state index in [4.69, 9.17) is 0 Å². The number of nitrogens with zero attached hydrogens (tertiary/aromatic N) is 1. The van der Waals surface area contributed by atoms with Gasteiger partial charge in [-0.3, -0.25) is 0 Å². The number of rotatable bonds is 5. The number of hydrogen-bond donors (Lipinski definition) is 1. The molecule has 0 heterocycles. The Bertz CT molecular complexity index is 473. The Morgan fingerprint density at radius 2 is 2.12 bits per heavy atom. The van der Waals surface area contributed by atoms with Crippen molar-refractivity contribution in [3.63, 3.8) is 0 Å². The third kappa shape index (κ3) is 3.37. The Labute approximate surface area is 107 Å². The van der Waals surface area contributed by atoms with Gasteiger partial charge in [-0.15, -0.1) is 0 Å². The number of hydrogen-bond acceptors (Lipinski definition) is 4. The summed E-state index contributed by atoms with van der Waals surface area (Å²) in [6, 6.07) is 5.63. The fraction of sp³-hybridized carbons (Fsp3) is 0.455. The number of sulfonamides is 1. The second-order valence-electron chi connectivity index (χ2n) is 3.82. The van der Waals surface area contributed by atoms with Crippen LogP contribution >= 0.6 is 11.8 Å². The van der Waals surface area contributed by atoms with Gasteiger partial charge in [0, 0.05) is 18.8 Å². The average molecular weight is 275 g/mol. The summed E-state index contributed by atoms with van der Waals surface area (Å²) in [4.78, 5) is 0.118. The Morgan fingerprint density at radius 1 is 1.47 bits per heavy atom. The van der Waals surface area contributed by atoms with E-state index in [1.165, 1.54) is 28.6 Å². The topological polar surface area (TPSA) is 57.6 Å². The highest BCUT2D eigenvalue weighted by Gasteiger charge is 2.25. The highest BCUT2D eigenvalue weighted by Crippen LogP contribution is 2.21. The van der Waals surface area contributed by atoms with E-state index in [1.54, 1.807) is 18.8 Å². The number of phenolic OH excluding ortho intramolecular Hbond substituents is 1. The van der Waals surface area contributed by atoms with Crippen molar-refractivity contribution in [2.24, 2.45) is 0 Å². The van der Waals surface area contributed by atoms with E-state index in [2.05, 4.69) is 0 Å². The molecule has 0 aromatic heterocycles. The van der Waals surface area contributed by atoms with Crippen LogP contribution in [-0.4, -0.2) is 42.9 Å². The lowest BCUT2D eigenvalue weighted by atomic mass is 10.3. The summed E-state index contributed by atoms with van der Waals surface area (Å²) in [6.07, 6.45) is 1.94. The second-order valence-corrected chi connectivity index (χ2v) is 6.73. The standard InChI is InChI=1S/C11H17NO3S2/c1-9(8-16-3)12(2)17(14,15)11-6-4-5-10(13)7-11/h4-7,9,13H,8H2,1-3H3. The van der Waals surface area contributed by atoms with Gasteiger partial charge >= 0.3 is 0 Å². The summed E-state index contributed by atoms with van der Waals surface area (Å²) in [7, 11) is -1.97. The molecule has 1 atom stereocenters. The van der Waals surface area contributed by atoms with Gasteiger partial charge in [0.2, 0.25) is 10.0 Å². The molecule has 1 aromatic rings. The minimum atomic E-state index is -3.52. The molecule has 0 spiro atoms. The molecule has 96 valence electrons. The Balaban J connectivity index is 3.03. The zero-order valence-corrected chi connectivity index (χ0v) is 11.8. The molecule has 6 heteroatoms. The smallest absolute Gasteiger partial charge is 0.243 e. The minimum Gasteiger partial charge on any atom is -0.508 e. The molecule has 1 N–H and O–H groups in total. The third-order valence-corrected chi connectivity index (χ3v) is 5.31. The predicted molar refractivity (Wildman–Crippen MR) is 70.9 cm³/mol. The maximum atomic E-state index is 12.2. The number of aromatic hydroxyl groups is 1. The van der Waals surface area contributed by atoms with Crippen molar-refractivity contribution in [3.05, 3.63) is 24.3 Å². The fourth-order valence-electron chi connectivity index (χ4n) is 1.39. The first-order valence-corrected chi connectivity index (χ1v) is 7.99. The van der Waals surface area contributed by atoms with Crippen LogP contribution in [0.15, 0.2) is 29.2 Å². The summed E-state index contributed by atoms with van der Waals surface area (Å²) in [5, 5.41) is 9.31. The summed E-state index contributed by atoms with van der Waals surface area (Å²) in [5.74, 6) is 0.686. The summed E-state index contributed by atoms with van der Waals surface area (Å²) in [5.41, 5.74) is 0. The molecule has 0 aliphatic heterocycles. The maximum Gasteiger partial charge on any atom is 0.243 e. The Kier molecular flexibility index (Phi) is 4.85. The van der Waals surface area contributed by atoms with Crippen molar-refractivity contribution in [1.82, 2.24) is 4.31 Å². The molecule has 1 aromatic carbocycles. The van der Waals surface area contributed by atoms with Crippen molar-refractivity contribution in [3.8, 4) is 5.75 Å². The first-order valence-electron chi connectivity index (χ1n) is 5.15. The van der Waals surface area contributed by atoms with E-state index < -0.39 is 10.0 Å². The van der Waals surface area contributed by atoms with Crippen molar-refractivity contribution < 1.29 is 13.5 Å². The third-order valence-electron chi connectivity index (χ3n) is 2.52. The second kappa shape index (κ2) is 5.75.